The van der Waals surface area contributed by atoms with Gasteiger partial charge in [-0.05, 0) is 50.2 Å². The number of anilines is 4. The van der Waals surface area contributed by atoms with Crippen LogP contribution in [0.1, 0.15) is 12.6 Å². The Bertz CT molecular complexity index is 1580. The largest absolute Gasteiger partial charge is 0.368 e. The average Bonchev–Trinajstić information content (AvgIpc) is 3.32. The monoisotopic (exact) mass is 552 g/mol. The van der Waals surface area contributed by atoms with Crippen molar-refractivity contribution in [3.8, 4) is 11.3 Å². The second-order valence-electron chi connectivity index (χ2n) is 10.1. The number of aryl methyl sites for hydroxylation is 1. The summed E-state index contributed by atoms with van der Waals surface area (Å²) in [5.41, 5.74) is 8.91. The third-order valence-electron chi connectivity index (χ3n) is 7.12. The zero-order valence-corrected chi connectivity index (χ0v) is 21.9. The Hall–Kier alpha value is -4.62. The average molecular weight is 553 g/mol. The number of nitrogens with zero attached hydrogens (tertiary/aromatic N) is 8. The molecule has 2 saturated heterocycles. The molecule has 2 fully saturated rings. The third kappa shape index (κ3) is 4.80. The van der Waals surface area contributed by atoms with E-state index in [0.717, 1.165) is 5.56 Å². The van der Waals surface area contributed by atoms with E-state index in [1.807, 2.05) is 11.8 Å². The first-order chi connectivity index (χ1) is 19.1. The van der Waals surface area contributed by atoms with Crippen molar-refractivity contribution in [3.05, 3.63) is 54.0 Å². The van der Waals surface area contributed by atoms with Gasteiger partial charge < -0.3 is 25.8 Å². The van der Waals surface area contributed by atoms with E-state index in [1.54, 1.807) is 46.7 Å². The number of carbonyl (C=O) groups is 1. The van der Waals surface area contributed by atoms with Crippen LogP contribution in [0, 0.1) is 12.7 Å². The lowest BCUT2D eigenvalue weighted by Gasteiger charge is -2.40. The highest BCUT2D eigenvalue weighted by molar-refractivity contribution is 5.90. The predicted molar refractivity (Wildman–Crippen MR) is 144 cm³/mol. The molecule has 5 heterocycles. The number of alkyl halides is 2. The quantitative estimate of drug-likeness (QED) is 0.395. The number of halogens is 3. The summed E-state index contributed by atoms with van der Waals surface area (Å²) >= 11 is 0. The smallest absolute Gasteiger partial charge is 0.322 e. The summed E-state index contributed by atoms with van der Waals surface area (Å²) in [6.07, 6.45) is 0. The number of pyridine rings is 1. The van der Waals surface area contributed by atoms with E-state index < -0.39 is 5.92 Å². The number of rotatable bonds is 4. The van der Waals surface area contributed by atoms with Crippen molar-refractivity contribution in [3.63, 3.8) is 0 Å². The summed E-state index contributed by atoms with van der Waals surface area (Å²) in [6, 6.07) is 10.7. The summed E-state index contributed by atoms with van der Waals surface area (Å²) in [6.45, 7) is 4.25. The second kappa shape index (κ2) is 9.54. The Kier molecular flexibility index (Phi) is 6.11. The number of benzene rings is 1. The highest BCUT2D eigenvalue weighted by Crippen LogP contribution is 2.32. The van der Waals surface area contributed by atoms with Crippen LogP contribution in [0.2, 0.25) is 0 Å². The van der Waals surface area contributed by atoms with Crippen LogP contribution in [0.15, 0.2) is 42.5 Å². The maximum Gasteiger partial charge on any atom is 0.322 e. The van der Waals surface area contributed by atoms with Gasteiger partial charge in [0.1, 0.15) is 11.6 Å². The molecule has 3 N–H and O–H groups in total. The van der Waals surface area contributed by atoms with Crippen molar-refractivity contribution >= 4 is 35.1 Å². The molecule has 0 aliphatic carbocycles. The lowest BCUT2D eigenvalue weighted by molar-refractivity contribution is -0.0267. The van der Waals surface area contributed by atoms with Crippen molar-refractivity contribution in [2.24, 2.45) is 0 Å². The number of nitrogens with two attached hydrogens (primary N) is 1. The number of piperazine rings is 1. The van der Waals surface area contributed by atoms with Gasteiger partial charge in [0.15, 0.2) is 5.65 Å². The van der Waals surface area contributed by atoms with Crippen LogP contribution in [-0.4, -0.2) is 80.2 Å². The zero-order valence-electron chi connectivity index (χ0n) is 21.9. The number of carbonyl (C=O) groups excluding carboxylic acids is 1. The molecule has 0 radical (unpaired) electrons. The van der Waals surface area contributed by atoms with Gasteiger partial charge in [0.25, 0.3) is 5.92 Å². The maximum absolute atomic E-state index is 13.4. The molecule has 0 unspecified atom stereocenters. The van der Waals surface area contributed by atoms with Gasteiger partial charge in [-0.15, -0.1) is 0 Å². The second-order valence-corrected chi connectivity index (χ2v) is 10.1. The molecule has 0 spiro atoms. The molecule has 40 heavy (non-hydrogen) atoms. The molecule has 6 rings (SSSR count). The van der Waals surface area contributed by atoms with E-state index >= 15 is 0 Å². The molecular formula is C26H27F3N10O. The molecule has 0 bridgehead atoms. The van der Waals surface area contributed by atoms with Crippen molar-refractivity contribution in [2.45, 2.75) is 25.8 Å². The van der Waals surface area contributed by atoms with E-state index in [-0.39, 0.29) is 36.9 Å². The summed E-state index contributed by atoms with van der Waals surface area (Å²) < 4.78 is 41.4. The van der Waals surface area contributed by atoms with Gasteiger partial charge in [-0.3, -0.25) is 0 Å². The molecule has 208 valence electrons. The zero-order chi connectivity index (χ0) is 28.2. The number of urea groups is 1. The van der Waals surface area contributed by atoms with Gasteiger partial charge in [-0.2, -0.15) is 19.6 Å². The minimum absolute atomic E-state index is 0.0915. The topological polar surface area (TPSA) is 121 Å². The van der Waals surface area contributed by atoms with E-state index in [4.69, 9.17) is 5.73 Å². The number of nitrogens with one attached hydrogen (secondary N) is 1. The Morgan fingerprint density at radius 2 is 1.82 bits per heavy atom. The Labute approximate surface area is 227 Å². The number of nitrogen functional groups attached to an aromatic ring is 1. The molecule has 2 aliphatic heterocycles. The normalized spacial score (nSPS) is 18.6. The van der Waals surface area contributed by atoms with Gasteiger partial charge in [0, 0.05) is 37.3 Å². The number of aromatic nitrogens is 5. The van der Waals surface area contributed by atoms with Gasteiger partial charge in [0.2, 0.25) is 11.9 Å². The summed E-state index contributed by atoms with van der Waals surface area (Å²) in [7, 11) is 0. The number of hydrogen-bond donors (Lipinski definition) is 2. The fourth-order valence-corrected chi connectivity index (χ4v) is 5.00. The Balaban J connectivity index is 1.16. The van der Waals surface area contributed by atoms with Crippen molar-refractivity contribution in [1.82, 2.24) is 29.5 Å². The van der Waals surface area contributed by atoms with E-state index in [2.05, 4.69) is 25.4 Å². The van der Waals surface area contributed by atoms with Crippen molar-refractivity contribution in [2.75, 3.05) is 53.6 Å². The van der Waals surface area contributed by atoms with Crippen LogP contribution in [0.3, 0.4) is 0 Å². The third-order valence-corrected chi connectivity index (χ3v) is 7.12. The molecule has 2 amide bonds. The summed E-state index contributed by atoms with van der Waals surface area (Å²) in [5.74, 6) is -1.98. The predicted octanol–water partition coefficient (Wildman–Crippen LogP) is 3.41. The van der Waals surface area contributed by atoms with Crippen LogP contribution in [0.25, 0.3) is 16.9 Å². The highest BCUT2D eigenvalue weighted by atomic mass is 19.3. The highest BCUT2D eigenvalue weighted by Gasteiger charge is 2.44. The lowest BCUT2D eigenvalue weighted by atomic mass is 10.1. The fourth-order valence-electron chi connectivity index (χ4n) is 5.00. The first-order valence-electron chi connectivity index (χ1n) is 12.8. The number of amides is 2. The van der Waals surface area contributed by atoms with Crippen LogP contribution >= 0.6 is 0 Å². The Morgan fingerprint density at radius 1 is 1.07 bits per heavy atom. The lowest BCUT2D eigenvalue weighted by Crippen LogP contribution is -2.56. The van der Waals surface area contributed by atoms with Crippen LogP contribution in [0.4, 0.5) is 41.4 Å². The standard InChI is InChI=1S/C26H27F3N10O/c1-15-12-36(25(40)32-19-7-8-21(31-16(19)2)37-13-26(28,29)14-37)9-10-38(15)24-34-23(30)33-22-11-20(35-39(22)24)17-3-5-18(27)6-4-17/h3-8,11,15H,9-10,12-14H2,1-2H3,(H2,30,33)(H,32,40)/t15-/m0/s1. The molecule has 1 atom stereocenters. The number of hydrogen-bond acceptors (Lipinski definition) is 8. The van der Waals surface area contributed by atoms with Gasteiger partial charge >= 0.3 is 6.03 Å². The van der Waals surface area contributed by atoms with Crippen molar-refractivity contribution in [1.29, 1.82) is 0 Å². The SMILES string of the molecule is Cc1nc(N2CC(F)(F)C2)ccc1NC(=O)N1CCN(c2nc(N)nc3cc(-c4ccc(F)cc4)nn23)[C@@H](C)C1. The molecule has 3 aromatic heterocycles. The van der Waals surface area contributed by atoms with E-state index in [1.165, 1.54) is 17.0 Å². The van der Waals surface area contributed by atoms with Crippen LogP contribution < -0.4 is 20.9 Å². The number of fused-ring (bicyclic) bond motifs is 1. The minimum atomic E-state index is -2.69. The Morgan fingerprint density at radius 3 is 2.50 bits per heavy atom. The van der Waals surface area contributed by atoms with Gasteiger partial charge in [-0.1, -0.05) is 0 Å². The molecular weight excluding hydrogens is 525 g/mol. The van der Waals surface area contributed by atoms with E-state index in [9.17, 15) is 18.0 Å². The summed E-state index contributed by atoms with van der Waals surface area (Å²) in [4.78, 5) is 31.4. The minimum Gasteiger partial charge on any atom is -0.368 e. The fraction of sp³-hybridized carbons (Fsp3) is 0.346. The first kappa shape index (κ1) is 25.6. The molecule has 0 saturated carbocycles. The molecule has 11 nitrogen and oxygen atoms in total. The van der Waals surface area contributed by atoms with Gasteiger partial charge in [-0.25, -0.2) is 22.9 Å². The molecule has 1 aromatic carbocycles. The summed E-state index contributed by atoms with van der Waals surface area (Å²) in [5, 5.41) is 7.53. The molecule has 2 aliphatic rings. The van der Waals surface area contributed by atoms with Gasteiger partial charge in [0.05, 0.1) is 30.2 Å². The van der Waals surface area contributed by atoms with Crippen LogP contribution in [0.5, 0.6) is 0 Å². The van der Waals surface area contributed by atoms with E-state index in [0.29, 0.717) is 54.1 Å². The van der Waals surface area contributed by atoms with Crippen LogP contribution in [-0.2, 0) is 0 Å². The maximum atomic E-state index is 13.4. The van der Waals surface area contributed by atoms with Crippen molar-refractivity contribution < 1.29 is 18.0 Å². The molecule has 4 aromatic rings. The first-order valence-corrected chi connectivity index (χ1v) is 12.8. The molecule has 14 heteroatoms.